The molecule has 104 valence electrons. The number of carbonyl (C=O) groups excluding carboxylic acids is 1. The molecule has 0 unspecified atom stereocenters. The number of aromatic nitrogens is 1. The van der Waals surface area contributed by atoms with Crippen LogP contribution in [-0.2, 0) is 17.8 Å². The summed E-state index contributed by atoms with van der Waals surface area (Å²) in [6.45, 7) is 0.718. The summed E-state index contributed by atoms with van der Waals surface area (Å²) in [7, 11) is 0. The number of aryl methyl sites for hydroxylation is 1. The van der Waals surface area contributed by atoms with Gasteiger partial charge in [-0.1, -0.05) is 0 Å². The van der Waals surface area contributed by atoms with Crippen molar-refractivity contribution in [2.45, 2.75) is 38.3 Å². The topological polar surface area (TPSA) is 33.2 Å². The van der Waals surface area contributed by atoms with Gasteiger partial charge in [0.2, 0.25) is 5.91 Å². The van der Waals surface area contributed by atoms with Crippen molar-refractivity contribution in [1.82, 2.24) is 9.88 Å². The molecule has 0 spiro atoms. The quantitative estimate of drug-likeness (QED) is 0.816. The van der Waals surface area contributed by atoms with E-state index in [-0.39, 0.29) is 5.91 Å². The fraction of sp³-hybridized carbons (Fsp3) is 0.375. The second-order valence-electron chi connectivity index (χ2n) is 5.24. The minimum Gasteiger partial charge on any atom is -0.335 e. The van der Waals surface area contributed by atoms with Crippen LogP contribution in [0.2, 0.25) is 0 Å². The average Bonchev–Trinajstić information content (AvgIpc) is 3.19. The second-order valence-corrected chi connectivity index (χ2v) is 6.02. The van der Waals surface area contributed by atoms with Crippen LogP contribution < -0.4 is 0 Å². The maximum Gasteiger partial charge on any atom is 0.223 e. The molecule has 1 aliphatic rings. The Hall–Kier alpha value is -1.68. The van der Waals surface area contributed by atoms with E-state index in [0.29, 0.717) is 12.5 Å². The molecule has 3 rings (SSSR count). The van der Waals surface area contributed by atoms with E-state index in [2.05, 4.69) is 21.8 Å². The van der Waals surface area contributed by atoms with Crippen LogP contribution in [0, 0.1) is 0 Å². The van der Waals surface area contributed by atoms with Gasteiger partial charge in [0.05, 0.1) is 0 Å². The Labute approximate surface area is 123 Å². The van der Waals surface area contributed by atoms with Gasteiger partial charge in [0.25, 0.3) is 0 Å². The van der Waals surface area contributed by atoms with Gasteiger partial charge in [-0.2, -0.15) is 11.3 Å². The van der Waals surface area contributed by atoms with Crippen molar-refractivity contribution in [2.75, 3.05) is 0 Å². The van der Waals surface area contributed by atoms with Gasteiger partial charge in [0, 0.05) is 31.4 Å². The highest BCUT2D eigenvalue weighted by Crippen LogP contribution is 2.29. The van der Waals surface area contributed by atoms with Crippen molar-refractivity contribution in [1.29, 1.82) is 0 Å². The third kappa shape index (κ3) is 3.45. The summed E-state index contributed by atoms with van der Waals surface area (Å²) in [5.41, 5.74) is 2.43. The molecule has 0 radical (unpaired) electrons. The van der Waals surface area contributed by atoms with Crippen LogP contribution in [0.3, 0.4) is 0 Å². The van der Waals surface area contributed by atoms with Crippen LogP contribution >= 0.6 is 11.3 Å². The number of rotatable bonds is 6. The highest BCUT2D eigenvalue weighted by atomic mass is 32.1. The van der Waals surface area contributed by atoms with Gasteiger partial charge in [0.15, 0.2) is 0 Å². The van der Waals surface area contributed by atoms with Crippen LogP contribution in [0.15, 0.2) is 41.4 Å². The number of pyridine rings is 1. The smallest absolute Gasteiger partial charge is 0.223 e. The van der Waals surface area contributed by atoms with Crippen molar-refractivity contribution in [3.63, 3.8) is 0 Å². The van der Waals surface area contributed by atoms with Gasteiger partial charge >= 0.3 is 0 Å². The lowest BCUT2D eigenvalue weighted by Crippen LogP contribution is -2.32. The summed E-state index contributed by atoms with van der Waals surface area (Å²) >= 11 is 1.69. The van der Waals surface area contributed by atoms with Gasteiger partial charge in [-0.25, -0.2) is 0 Å². The fourth-order valence-electron chi connectivity index (χ4n) is 2.32. The molecule has 0 atom stereocenters. The lowest BCUT2D eigenvalue weighted by molar-refractivity contribution is -0.132. The van der Waals surface area contributed by atoms with E-state index in [0.717, 1.165) is 31.4 Å². The zero-order chi connectivity index (χ0) is 13.8. The first-order valence-corrected chi connectivity index (χ1v) is 7.96. The first-order valence-electron chi connectivity index (χ1n) is 7.02. The molecule has 1 fully saturated rings. The summed E-state index contributed by atoms with van der Waals surface area (Å²) in [6, 6.07) is 6.53. The third-order valence-corrected chi connectivity index (χ3v) is 4.35. The van der Waals surface area contributed by atoms with Crippen LogP contribution in [0.5, 0.6) is 0 Å². The predicted octanol–water partition coefficient (Wildman–Crippen LogP) is 3.27. The fourth-order valence-corrected chi connectivity index (χ4v) is 3.02. The number of hydrogen-bond donors (Lipinski definition) is 0. The molecule has 1 saturated carbocycles. The van der Waals surface area contributed by atoms with Gasteiger partial charge in [-0.15, -0.1) is 0 Å². The van der Waals surface area contributed by atoms with E-state index in [1.807, 2.05) is 17.0 Å². The molecule has 4 heteroatoms. The lowest BCUT2D eigenvalue weighted by atomic mass is 10.1. The van der Waals surface area contributed by atoms with Gasteiger partial charge in [-0.3, -0.25) is 9.78 Å². The van der Waals surface area contributed by atoms with E-state index in [4.69, 9.17) is 0 Å². The van der Waals surface area contributed by atoms with Gasteiger partial charge < -0.3 is 4.90 Å². The summed E-state index contributed by atoms with van der Waals surface area (Å²) in [5, 5.41) is 4.19. The zero-order valence-electron chi connectivity index (χ0n) is 11.4. The molecule has 3 nitrogen and oxygen atoms in total. The molecule has 0 bridgehead atoms. The largest absolute Gasteiger partial charge is 0.335 e. The molecule has 2 aromatic heterocycles. The Kier molecular flexibility index (Phi) is 4.11. The molecule has 0 aromatic carbocycles. The lowest BCUT2D eigenvalue weighted by Gasteiger charge is -2.22. The first-order chi connectivity index (χ1) is 9.83. The summed E-state index contributed by atoms with van der Waals surface area (Å²) < 4.78 is 0. The second kappa shape index (κ2) is 6.18. The van der Waals surface area contributed by atoms with Crippen molar-refractivity contribution in [3.05, 3.63) is 52.5 Å². The minimum atomic E-state index is 0.274. The molecular formula is C16H18N2OS. The maximum absolute atomic E-state index is 12.4. The monoisotopic (exact) mass is 286 g/mol. The summed E-state index contributed by atoms with van der Waals surface area (Å²) in [5.74, 6) is 0.274. The Bertz CT molecular complexity index is 549. The number of amides is 1. The van der Waals surface area contributed by atoms with Gasteiger partial charge in [-0.05, 0) is 59.3 Å². The van der Waals surface area contributed by atoms with Crippen molar-refractivity contribution < 1.29 is 4.79 Å². The van der Waals surface area contributed by atoms with E-state index in [9.17, 15) is 4.79 Å². The Morgan fingerprint density at radius 2 is 2.05 bits per heavy atom. The average molecular weight is 286 g/mol. The Morgan fingerprint density at radius 1 is 1.25 bits per heavy atom. The molecule has 0 N–H and O–H groups in total. The predicted molar refractivity (Wildman–Crippen MR) is 80.4 cm³/mol. The van der Waals surface area contributed by atoms with Crippen LogP contribution in [0.25, 0.3) is 0 Å². The molecule has 1 aliphatic carbocycles. The summed E-state index contributed by atoms with van der Waals surface area (Å²) in [6.07, 6.45) is 7.33. The molecule has 0 aliphatic heterocycles. The van der Waals surface area contributed by atoms with Gasteiger partial charge in [0.1, 0.15) is 0 Å². The van der Waals surface area contributed by atoms with Crippen molar-refractivity contribution >= 4 is 17.2 Å². The zero-order valence-corrected chi connectivity index (χ0v) is 12.2. The molecule has 2 aromatic rings. The van der Waals surface area contributed by atoms with Crippen molar-refractivity contribution in [2.24, 2.45) is 0 Å². The van der Waals surface area contributed by atoms with Crippen LogP contribution in [0.4, 0.5) is 0 Å². The first kappa shape index (κ1) is 13.3. The third-order valence-electron chi connectivity index (χ3n) is 3.62. The van der Waals surface area contributed by atoms with Crippen LogP contribution in [-0.4, -0.2) is 21.8 Å². The van der Waals surface area contributed by atoms with E-state index in [1.54, 1.807) is 23.7 Å². The number of nitrogens with zero attached hydrogens (tertiary/aromatic N) is 2. The SMILES string of the molecule is O=C(CCc1ccsc1)N(Cc1ccncc1)C1CC1. The highest BCUT2D eigenvalue weighted by Gasteiger charge is 2.32. The molecule has 2 heterocycles. The normalized spacial score (nSPS) is 14.2. The number of hydrogen-bond acceptors (Lipinski definition) is 3. The van der Waals surface area contributed by atoms with Crippen LogP contribution in [0.1, 0.15) is 30.4 Å². The molecule has 20 heavy (non-hydrogen) atoms. The van der Waals surface area contributed by atoms with E-state index < -0.39 is 0 Å². The Morgan fingerprint density at radius 3 is 2.70 bits per heavy atom. The maximum atomic E-state index is 12.4. The molecule has 1 amide bonds. The highest BCUT2D eigenvalue weighted by molar-refractivity contribution is 7.07. The Balaban J connectivity index is 1.60. The number of thiophene rings is 1. The number of carbonyl (C=O) groups is 1. The van der Waals surface area contributed by atoms with E-state index in [1.165, 1.54) is 5.56 Å². The summed E-state index contributed by atoms with van der Waals surface area (Å²) in [4.78, 5) is 18.5. The van der Waals surface area contributed by atoms with E-state index >= 15 is 0 Å². The molecule has 0 saturated heterocycles. The minimum absolute atomic E-state index is 0.274. The standard InChI is InChI=1S/C16H18N2OS/c19-16(4-1-14-7-10-20-12-14)18(15-2-3-15)11-13-5-8-17-9-6-13/h5-10,12,15H,1-4,11H2. The van der Waals surface area contributed by atoms with Crippen molar-refractivity contribution in [3.8, 4) is 0 Å². The molecular weight excluding hydrogens is 268 g/mol.